The predicted molar refractivity (Wildman–Crippen MR) is 93.5 cm³/mol. The second-order valence-electron chi connectivity index (χ2n) is 5.68. The molecule has 0 aliphatic carbocycles. The molecule has 0 spiro atoms. The van der Waals surface area contributed by atoms with Crippen molar-refractivity contribution < 1.29 is 18.3 Å². The van der Waals surface area contributed by atoms with Crippen molar-refractivity contribution in [3.05, 3.63) is 71.3 Å². The summed E-state index contributed by atoms with van der Waals surface area (Å²) in [4.78, 5) is 11.4. The molecule has 0 fully saturated rings. The van der Waals surface area contributed by atoms with Crippen LogP contribution in [0.25, 0.3) is 0 Å². The molecule has 0 saturated heterocycles. The highest BCUT2D eigenvalue weighted by molar-refractivity contribution is 7.78. The summed E-state index contributed by atoms with van der Waals surface area (Å²) >= 11 is -2.07. The van der Waals surface area contributed by atoms with Gasteiger partial charge in [-0.1, -0.05) is 68.4 Å². The van der Waals surface area contributed by atoms with Crippen molar-refractivity contribution in [2.24, 2.45) is 0 Å². The van der Waals surface area contributed by atoms with Crippen LogP contribution >= 0.6 is 0 Å². The number of carbonyl (C=O) groups is 1. The van der Waals surface area contributed by atoms with Crippen molar-refractivity contribution in [1.82, 2.24) is 4.31 Å². The van der Waals surface area contributed by atoms with Crippen LogP contribution in [0.4, 0.5) is 4.79 Å². The van der Waals surface area contributed by atoms with Gasteiger partial charge in [-0.15, -0.1) is 0 Å². The highest BCUT2D eigenvalue weighted by atomic mass is 32.2. The van der Waals surface area contributed by atoms with E-state index in [0.29, 0.717) is 5.92 Å². The summed E-state index contributed by atoms with van der Waals surface area (Å²) in [5.41, 5.74) is 2.71. The van der Waals surface area contributed by atoms with Crippen LogP contribution in [0.2, 0.25) is 0 Å². The van der Waals surface area contributed by atoms with Gasteiger partial charge in [-0.25, -0.2) is 9.00 Å². The van der Waals surface area contributed by atoms with Gasteiger partial charge in [0.25, 0.3) is 11.3 Å². The quantitative estimate of drug-likeness (QED) is 0.819. The van der Waals surface area contributed by atoms with Gasteiger partial charge in [-0.2, -0.15) is 4.31 Å². The van der Waals surface area contributed by atoms with Gasteiger partial charge in [-0.05, 0) is 22.6 Å². The van der Waals surface area contributed by atoms with Crippen LogP contribution < -0.4 is 0 Å². The van der Waals surface area contributed by atoms with Gasteiger partial charge in [0.15, 0.2) is 0 Å². The Labute approximate surface area is 144 Å². The maximum atomic E-state index is 12.2. The van der Waals surface area contributed by atoms with Crippen LogP contribution in [0.15, 0.2) is 54.6 Å². The maximum absolute atomic E-state index is 12.2. The third-order valence-electron chi connectivity index (χ3n) is 3.51. The molecule has 0 radical (unpaired) electrons. The molecule has 24 heavy (non-hydrogen) atoms. The molecule has 1 amide bonds. The molecule has 2 aromatic rings. The SMILES string of the molecule is CC(C)c1cccc(CN(C(=O)O)S(=O)OCc2ccccc2)c1. The summed E-state index contributed by atoms with van der Waals surface area (Å²) in [5.74, 6) is 0.336. The average Bonchev–Trinajstić information content (AvgIpc) is 2.58. The number of amides is 1. The predicted octanol–water partition coefficient (Wildman–Crippen LogP) is 4.09. The van der Waals surface area contributed by atoms with E-state index in [2.05, 4.69) is 13.8 Å². The molecule has 2 rings (SSSR count). The zero-order valence-electron chi connectivity index (χ0n) is 13.7. The number of benzene rings is 2. The van der Waals surface area contributed by atoms with E-state index in [9.17, 15) is 14.1 Å². The Morgan fingerprint density at radius 3 is 2.42 bits per heavy atom. The van der Waals surface area contributed by atoms with Crippen molar-refractivity contribution in [3.63, 3.8) is 0 Å². The highest BCUT2D eigenvalue weighted by Crippen LogP contribution is 2.18. The molecule has 5 nitrogen and oxygen atoms in total. The van der Waals surface area contributed by atoms with Crippen molar-refractivity contribution in [1.29, 1.82) is 0 Å². The van der Waals surface area contributed by atoms with E-state index in [0.717, 1.165) is 21.0 Å². The number of rotatable bonds is 7. The number of hydrogen-bond acceptors (Lipinski definition) is 3. The molecule has 1 unspecified atom stereocenters. The molecule has 0 aliphatic rings. The first-order valence-electron chi connectivity index (χ1n) is 7.65. The lowest BCUT2D eigenvalue weighted by Crippen LogP contribution is -2.32. The Morgan fingerprint density at radius 2 is 1.79 bits per heavy atom. The molecule has 0 heterocycles. The minimum Gasteiger partial charge on any atom is -0.464 e. The van der Waals surface area contributed by atoms with Crippen molar-refractivity contribution in [2.45, 2.75) is 32.9 Å². The first-order chi connectivity index (χ1) is 11.5. The average molecular weight is 347 g/mol. The highest BCUT2D eigenvalue weighted by Gasteiger charge is 2.21. The third-order valence-corrected chi connectivity index (χ3v) is 4.47. The fraction of sp³-hybridized carbons (Fsp3) is 0.278. The molecular weight excluding hydrogens is 326 g/mol. The summed E-state index contributed by atoms with van der Waals surface area (Å²) in [6, 6.07) is 16.8. The van der Waals surface area contributed by atoms with Gasteiger partial charge in [-0.3, -0.25) is 4.18 Å². The third kappa shape index (κ3) is 5.18. The normalized spacial score (nSPS) is 12.1. The van der Waals surface area contributed by atoms with Crippen LogP contribution in [0.1, 0.15) is 36.5 Å². The second kappa shape index (κ2) is 8.61. The smallest absolute Gasteiger partial charge is 0.421 e. The number of carboxylic acid groups (broad SMARTS) is 1. The number of hydrogen-bond donors (Lipinski definition) is 1. The summed E-state index contributed by atoms with van der Waals surface area (Å²) in [7, 11) is 0. The minimum absolute atomic E-state index is 0.0112. The van der Waals surface area contributed by atoms with Crippen LogP contribution in [0.5, 0.6) is 0 Å². The summed E-state index contributed by atoms with van der Waals surface area (Å²) in [5, 5.41) is 9.33. The van der Waals surface area contributed by atoms with Crippen molar-refractivity contribution in [3.8, 4) is 0 Å². The zero-order valence-corrected chi connectivity index (χ0v) is 14.5. The van der Waals surface area contributed by atoms with Crippen molar-refractivity contribution in [2.75, 3.05) is 0 Å². The van der Waals surface area contributed by atoms with Gasteiger partial charge in [0.05, 0.1) is 13.2 Å². The van der Waals surface area contributed by atoms with Crippen LogP contribution in [0, 0.1) is 0 Å². The summed E-state index contributed by atoms with van der Waals surface area (Å²) < 4.78 is 18.2. The molecule has 0 saturated carbocycles. The Kier molecular flexibility index (Phi) is 6.52. The maximum Gasteiger partial charge on any atom is 0.421 e. The lowest BCUT2D eigenvalue weighted by molar-refractivity contribution is 0.166. The summed E-state index contributed by atoms with van der Waals surface area (Å²) in [6.45, 7) is 4.23. The number of nitrogens with zero attached hydrogens (tertiary/aromatic N) is 1. The van der Waals surface area contributed by atoms with Crippen LogP contribution in [0.3, 0.4) is 0 Å². The van der Waals surface area contributed by atoms with Gasteiger partial charge in [0, 0.05) is 0 Å². The van der Waals surface area contributed by atoms with E-state index in [1.165, 1.54) is 0 Å². The van der Waals surface area contributed by atoms with Gasteiger partial charge in [0.2, 0.25) is 0 Å². The van der Waals surface area contributed by atoms with Crippen LogP contribution in [-0.4, -0.2) is 19.7 Å². The Morgan fingerprint density at radius 1 is 1.12 bits per heavy atom. The molecule has 0 aliphatic heterocycles. The van der Waals surface area contributed by atoms with Gasteiger partial charge >= 0.3 is 6.09 Å². The standard InChI is InChI=1S/C18H21NO4S/c1-14(2)17-10-6-9-16(11-17)12-19(18(20)21)24(22)23-13-15-7-4-3-5-8-15/h3-11,14H,12-13H2,1-2H3,(H,20,21). The van der Waals surface area contributed by atoms with Gasteiger partial charge < -0.3 is 5.11 Å². The molecule has 2 aromatic carbocycles. The fourth-order valence-electron chi connectivity index (χ4n) is 2.16. The first-order valence-corrected chi connectivity index (χ1v) is 8.69. The Bertz CT molecular complexity index is 703. The zero-order chi connectivity index (χ0) is 17.5. The topological polar surface area (TPSA) is 66.8 Å². The van der Waals surface area contributed by atoms with Crippen LogP contribution in [-0.2, 0) is 28.6 Å². The van der Waals surface area contributed by atoms with E-state index in [1.807, 2.05) is 54.6 Å². The van der Waals surface area contributed by atoms with E-state index in [1.54, 1.807) is 0 Å². The largest absolute Gasteiger partial charge is 0.464 e. The van der Waals surface area contributed by atoms with Gasteiger partial charge in [0.1, 0.15) is 0 Å². The lowest BCUT2D eigenvalue weighted by Gasteiger charge is -2.18. The van der Waals surface area contributed by atoms with Crippen molar-refractivity contribution >= 4 is 17.4 Å². The molecule has 128 valence electrons. The molecule has 1 atom stereocenters. The Hall–Kier alpha value is -2.18. The Balaban J connectivity index is 2.04. The lowest BCUT2D eigenvalue weighted by atomic mass is 10.0. The van der Waals surface area contributed by atoms with E-state index >= 15 is 0 Å². The molecule has 0 bridgehead atoms. The fourth-order valence-corrected chi connectivity index (χ4v) is 2.90. The van der Waals surface area contributed by atoms with E-state index < -0.39 is 17.4 Å². The minimum atomic E-state index is -2.07. The molecular formula is C18H21NO4S. The monoisotopic (exact) mass is 347 g/mol. The van der Waals surface area contributed by atoms with E-state index in [4.69, 9.17) is 4.18 Å². The molecule has 6 heteroatoms. The van der Waals surface area contributed by atoms with E-state index in [-0.39, 0.29) is 13.2 Å². The summed E-state index contributed by atoms with van der Waals surface area (Å²) in [6.07, 6.45) is -1.28. The second-order valence-corrected chi connectivity index (χ2v) is 6.79. The molecule has 1 N–H and O–H groups in total. The first kappa shape index (κ1) is 18.2. The molecule has 0 aromatic heterocycles.